The molecule has 0 radical (unpaired) electrons. The van der Waals surface area contributed by atoms with E-state index in [1.165, 1.54) is 0 Å². The zero-order valence-corrected chi connectivity index (χ0v) is 15.5. The average Bonchev–Trinajstić information content (AvgIpc) is 2.59. The molecule has 24 heavy (non-hydrogen) atoms. The van der Waals surface area contributed by atoms with Crippen LogP contribution in [0.5, 0.6) is 5.75 Å². The van der Waals surface area contributed by atoms with Crippen molar-refractivity contribution in [3.8, 4) is 5.75 Å². The maximum absolute atomic E-state index is 12.2. The van der Waals surface area contributed by atoms with Crippen molar-refractivity contribution in [3.05, 3.63) is 28.7 Å². The predicted molar refractivity (Wildman–Crippen MR) is 96.1 cm³/mol. The highest BCUT2D eigenvalue weighted by atomic mass is 79.9. The molecule has 0 saturated carbocycles. The molecule has 3 amide bonds. The number of hydrogen-bond donors (Lipinski definition) is 1. The van der Waals surface area contributed by atoms with Crippen LogP contribution in [0.1, 0.15) is 19.8 Å². The predicted octanol–water partition coefficient (Wildman–Crippen LogP) is 2.48. The van der Waals surface area contributed by atoms with Crippen molar-refractivity contribution in [2.75, 3.05) is 39.3 Å². The van der Waals surface area contributed by atoms with E-state index in [1.807, 2.05) is 36.1 Å². The third-order valence-corrected chi connectivity index (χ3v) is 4.34. The Morgan fingerprint density at radius 1 is 1.21 bits per heavy atom. The second kappa shape index (κ2) is 9.52. The Kier molecular flexibility index (Phi) is 7.36. The molecule has 1 fully saturated rings. The molecule has 7 heteroatoms. The lowest BCUT2D eigenvalue weighted by molar-refractivity contribution is -0.132. The van der Waals surface area contributed by atoms with Crippen LogP contribution < -0.4 is 10.1 Å². The number of nitrogens with one attached hydrogen (secondary N) is 1. The van der Waals surface area contributed by atoms with Crippen molar-refractivity contribution >= 4 is 27.9 Å². The molecule has 0 bridgehead atoms. The third-order valence-electron chi connectivity index (χ3n) is 3.85. The van der Waals surface area contributed by atoms with Gasteiger partial charge in [-0.25, -0.2) is 4.79 Å². The Bertz CT molecular complexity index is 560. The minimum absolute atomic E-state index is 0.0491. The normalized spacial score (nSPS) is 14.4. The molecule has 1 aromatic rings. The molecule has 6 nitrogen and oxygen atoms in total. The molecule has 132 valence electrons. The monoisotopic (exact) mass is 397 g/mol. The summed E-state index contributed by atoms with van der Waals surface area (Å²) in [5, 5.41) is 2.78. The number of benzene rings is 1. The molecule has 0 spiro atoms. The van der Waals surface area contributed by atoms with E-state index in [1.54, 1.807) is 4.90 Å². The summed E-state index contributed by atoms with van der Waals surface area (Å²) in [4.78, 5) is 27.5. The van der Waals surface area contributed by atoms with Crippen LogP contribution >= 0.6 is 15.9 Å². The molecule has 0 aliphatic carbocycles. The minimum Gasteiger partial charge on any atom is -0.494 e. The van der Waals surface area contributed by atoms with Crippen LogP contribution in [0.2, 0.25) is 0 Å². The third kappa shape index (κ3) is 5.70. The first-order valence-corrected chi connectivity index (χ1v) is 9.08. The number of hydrogen-bond acceptors (Lipinski definition) is 3. The van der Waals surface area contributed by atoms with Crippen LogP contribution in [0.25, 0.3) is 0 Å². The van der Waals surface area contributed by atoms with E-state index in [4.69, 9.17) is 4.74 Å². The van der Waals surface area contributed by atoms with Crippen molar-refractivity contribution in [2.45, 2.75) is 19.8 Å². The second-order valence-corrected chi connectivity index (χ2v) is 6.53. The Balaban J connectivity index is 1.64. The van der Waals surface area contributed by atoms with Crippen molar-refractivity contribution in [2.24, 2.45) is 0 Å². The Labute approximate surface area is 151 Å². The van der Waals surface area contributed by atoms with E-state index in [0.29, 0.717) is 52.2 Å². The van der Waals surface area contributed by atoms with Gasteiger partial charge >= 0.3 is 6.03 Å². The van der Waals surface area contributed by atoms with Crippen LogP contribution in [0.15, 0.2) is 28.7 Å². The smallest absolute Gasteiger partial charge is 0.317 e. The van der Waals surface area contributed by atoms with Gasteiger partial charge in [-0.3, -0.25) is 4.79 Å². The van der Waals surface area contributed by atoms with Gasteiger partial charge in [-0.15, -0.1) is 0 Å². The van der Waals surface area contributed by atoms with Crippen LogP contribution in [0.4, 0.5) is 4.79 Å². The highest BCUT2D eigenvalue weighted by Gasteiger charge is 2.23. The van der Waals surface area contributed by atoms with Gasteiger partial charge in [-0.1, -0.05) is 22.0 Å². The molecule has 1 aliphatic rings. The van der Waals surface area contributed by atoms with Gasteiger partial charge in [0, 0.05) is 43.6 Å². The summed E-state index contributed by atoms with van der Waals surface area (Å²) in [6, 6.07) is 7.61. The number of ether oxygens (including phenoxy) is 1. The highest BCUT2D eigenvalue weighted by Crippen LogP contribution is 2.18. The second-order valence-electron chi connectivity index (χ2n) is 5.61. The summed E-state index contributed by atoms with van der Waals surface area (Å²) < 4.78 is 6.61. The molecule has 0 unspecified atom stereocenters. The van der Waals surface area contributed by atoms with Crippen molar-refractivity contribution < 1.29 is 14.3 Å². The number of nitrogens with zero attached hydrogens (tertiary/aromatic N) is 2. The largest absolute Gasteiger partial charge is 0.494 e. The average molecular weight is 398 g/mol. The highest BCUT2D eigenvalue weighted by molar-refractivity contribution is 9.10. The molecule has 1 N–H and O–H groups in total. The van der Waals surface area contributed by atoms with E-state index in [2.05, 4.69) is 21.2 Å². The number of carbonyl (C=O) groups excluding carboxylic acids is 2. The lowest BCUT2D eigenvalue weighted by Crippen LogP contribution is -2.53. The van der Waals surface area contributed by atoms with Crippen molar-refractivity contribution in [1.29, 1.82) is 0 Å². The van der Waals surface area contributed by atoms with Gasteiger partial charge in [0.15, 0.2) is 0 Å². The Morgan fingerprint density at radius 3 is 2.58 bits per heavy atom. The van der Waals surface area contributed by atoms with Gasteiger partial charge in [0.1, 0.15) is 5.75 Å². The first kappa shape index (κ1) is 18.6. The van der Waals surface area contributed by atoms with Gasteiger partial charge in [0.05, 0.1) is 6.61 Å². The van der Waals surface area contributed by atoms with E-state index in [-0.39, 0.29) is 11.9 Å². The number of carbonyl (C=O) groups is 2. The summed E-state index contributed by atoms with van der Waals surface area (Å²) in [7, 11) is 0. The minimum atomic E-state index is -0.0491. The maximum Gasteiger partial charge on any atom is 0.317 e. The van der Waals surface area contributed by atoms with E-state index in [0.717, 1.165) is 10.2 Å². The quantitative estimate of drug-likeness (QED) is 0.749. The zero-order chi connectivity index (χ0) is 17.4. The lowest BCUT2D eigenvalue weighted by atomic mass is 10.2. The summed E-state index contributed by atoms with van der Waals surface area (Å²) in [6.07, 6.45) is 1.15. The summed E-state index contributed by atoms with van der Waals surface area (Å²) in [6.45, 7) is 5.41. The van der Waals surface area contributed by atoms with Crippen molar-refractivity contribution in [1.82, 2.24) is 15.1 Å². The van der Waals surface area contributed by atoms with Crippen LogP contribution in [-0.4, -0.2) is 61.1 Å². The number of halogens is 1. The van der Waals surface area contributed by atoms with Gasteiger partial charge in [0.2, 0.25) is 5.91 Å². The van der Waals surface area contributed by atoms with Gasteiger partial charge in [0.25, 0.3) is 0 Å². The van der Waals surface area contributed by atoms with E-state index >= 15 is 0 Å². The number of rotatable bonds is 6. The lowest BCUT2D eigenvalue weighted by Gasteiger charge is -2.34. The Hall–Kier alpha value is -1.76. The van der Waals surface area contributed by atoms with Crippen molar-refractivity contribution in [3.63, 3.8) is 0 Å². The number of urea groups is 1. The fourth-order valence-corrected chi connectivity index (χ4v) is 2.93. The first-order valence-electron chi connectivity index (χ1n) is 8.29. The molecule has 0 aromatic heterocycles. The molecule has 1 aromatic carbocycles. The Morgan fingerprint density at radius 2 is 1.92 bits per heavy atom. The topological polar surface area (TPSA) is 61.9 Å². The zero-order valence-electron chi connectivity index (χ0n) is 14.0. The molecule has 1 heterocycles. The van der Waals surface area contributed by atoms with E-state index < -0.39 is 0 Å². The van der Waals surface area contributed by atoms with Gasteiger partial charge in [-0.05, 0) is 31.5 Å². The molecule has 0 atom stereocenters. The van der Waals surface area contributed by atoms with Gasteiger partial charge < -0.3 is 19.9 Å². The van der Waals surface area contributed by atoms with Gasteiger partial charge in [-0.2, -0.15) is 0 Å². The van der Waals surface area contributed by atoms with Crippen LogP contribution in [0, 0.1) is 0 Å². The summed E-state index contributed by atoms with van der Waals surface area (Å²) in [5.74, 6) is 0.927. The fourth-order valence-electron chi connectivity index (χ4n) is 2.55. The fraction of sp³-hybridized carbons (Fsp3) is 0.529. The molecule has 1 aliphatic heterocycles. The number of amides is 3. The summed E-state index contributed by atoms with van der Waals surface area (Å²) in [5.41, 5.74) is 0. The molecular formula is C17H24BrN3O3. The maximum atomic E-state index is 12.2. The standard InChI is InChI=1S/C17H24BrN3O3/c1-2-19-17(23)21-10-8-20(9-11-21)16(22)7-4-12-24-15-6-3-5-14(18)13-15/h3,5-6,13H,2,4,7-12H2,1H3,(H,19,23). The van der Waals surface area contributed by atoms with E-state index in [9.17, 15) is 9.59 Å². The van der Waals surface area contributed by atoms with Crippen LogP contribution in [0.3, 0.4) is 0 Å². The molecule has 1 saturated heterocycles. The summed E-state index contributed by atoms with van der Waals surface area (Å²) >= 11 is 3.40. The number of piperazine rings is 1. The molecule has 2 rings (SSSR count). The SMILES string of the molecule is CCNC(=O)N1CCN(C(=O)CCCOc2cccc(Br)c2)CC1. The first-order chi connectivity index (χ1) is 11.6. The van der Waals surface area contributed by atoms with Crippen LogP contribution in [-0.2, 0) is 4.79 Å². The molecular weight excluding hydrogens is 374 g/mol.